The molecule has 21 heavy (non-hydrogen) atoms. The number of piperidine rings is 1. The van der Waals surface area contributed by atoms with Crippen molar-refractivity contribution in [3.8, 4) is 0 Å². The highest BCUT2D eigenvalue weighted by atomic mass is 32.1. The molecule has 1 amide bonds. The van der Waals surface area contributed by atoms with Gasteiger partial charge in [-0.3, -0.25) is 4.79 Å². The molecule has 0 atom stereocenters. The summed E-state index contributed by atoms with van der Waals surface area (Å²) in [6.07, 6.45) is 4.90. The Labute approximate surface area is 130 Å². The number of carbonyl (C=O) groups is 1. The first kappa shape index (κ1) is 14.7. The summed E-state index contributed by atoms with van der Waals surface area (Å²) in [6.45, 7) is 6.79. The van der Waals surface area contributed by atoms with E-state index in [0.717, 1.165) is 18.8 Å². The van der Waals surface area contributed by atoms with Crippen LogP contribution in [0.2, 0.25) is 0 Å². The molecule has 1 aromatic rings. The number of nitrogens with one attached hydrogen (secondary N) is 1. The van der Waals surface area contributed by atoms with Gasteiger partial charge >= 0.3 is 0 Å². The summed E-state index contributed by atoms with van der Waals surface area (Å²) < 4.78 is 0. The molecule has 5 heteroatoms. The Kier molecular flexibility index (Phi) is 3.64. The lowest BCUT2D eigenvalue weighted by Crippen LogP contribution is -2.40. The van der Waals surface area contributed by atoms with Crippen LogP contribution in [0.25, 0.3) is 0 Å². The van der Waals surface area contributed by atoms with Gasteiger partial charge in [-0.05, 0) is 37.0 Å². The molecule has 1 saturated heterocycles. The molecule has 1 aliphatic carbocycles. The van der Waals surface area contributed by atoms with Crippen LogP contribution in [0.5, 0.6) is 0 Å². The van der Waals surface area contributed by atoms with Crippen LogP contribution in [0.15, 0.2) is 0 Å². The van der Waals surface area contributed by atoms with Crippen molar-refractivity contribution in [2.45, 2.75) is 45.4 Å². The van der Waals surface area contributed by atoms with Crippen molar-refractivity contribution in [3.63, 3.8) is 0 Å². The van der Waals surface area contributed by atoms with Crippen LogP contribution in [0.3, 0.4) is 0 Å². The topological polar surface area (TPSA) is 58.4 Å². The second kappa shape index (κ2) is 5.20. The van der Waals surface area contributed by atoms with Crippen LogP contribution in [-0.2, 0) is 0 Å². The van der Waals surface area contributed by atoms with Gasteiger partial charge in [0.2, 0.25) is 0 Å². The van der Waals surface area contributed by atoms with Gasteiger partial charge in [0.1, 0.15) is 4.88 Å². The second-order valence-corrected chi connectivity index (χ2v) is 8.11. The fourth-order valence-corrected chi connectivity index (χ4v) is 4.60. The smallest absolute Gasteiger partial charge is 0.263 e. The highest BCUT2D eigenvalue weighted by Crippen LogP contribution is 2.52. The zero-order valence-corrected chi connectivity index (χ0v) is 14.0. The van der Waals surface area contributed by atoms with E-state index in [1.807, 2.05) is 0 Å². The van der Waals surface area contributed by atoms with E-state index in [4.69, 9.17) is 5.73 Å². The fraction of sp³-hybridized carbons (Fsp3) is 0.688. The average Bonchev–Trinajstić information content (AvgIpc) is 3.20. The number of nitrogens with zero attached hydrogens (tertiary/aromatic N) is 1. The van der Waals surface area contributed by atoms with Gasteiger partial charge in [-0.25, -0.2) is 0 Å². The third-order valence-corrected chi connectivity index (χ3v) is 5.85. The summed E-state index contributed by atoms with van der Waals surface area (Å²) in [4.78, 5) is 15.2. The molecule has 3 N–H and O–H groups in total. The first-order valence-corrected chi connectivity index (χ1v) is 8.64. The molecule has 2 aliphatic rings. The van der Waals surface area contributed by atoms with Crippen LogP contribution in [0.4, 0.5) is 10.7 Å². The number of thiophene rings is 1. The Balaban J connectivity index is 1.99. The predicted molar refractivity (Wildman–Crippen MR) is 89.3 cm³/mol. The number of anilines is 2. The van der Waals surface area contributed by atoms with Gasteiger partial charge in [-0.2, -0.15) is 0 Å². The Morgan fingerprint density at radius 2 is 2.14 bits per heavy atom. The highest BCUT2D eigenvalue weighted by molar-refractivity contribution is 7.18. The van der Waals surface area contributed by atoms with E-state index >= 15 is 0 Å². The number of amides is 1. The predicted octanol–water partition coefficient (Wildman–Crippen LogP) is 3.19. The van der Waals surface area contributed by atoms with Crippen LogP contribution in [-0.4, -0.2) is 26.0 Å². The summed E-state index contributed by atoms with van der Waals surface area (Å²) >= 11 is 1.58. The molecule has 2 heterocycles. The molecule has 1 aromatic heterocycles. The van der Waals surface area contributed by atoms with E-state index in [-0.39, 0.29) is 5.91 Å². The number of hydrogen-bond acceptors (Lipinski definition) is 4. The highest BCUT2D eigenvalue weighted by Gasteiger charge is 2.36. The molecule has 3 rings (SSSR count). The maximum absolute atomic E-state index is 12.1. The number of nitrogens with two attached hydrogens (primary N) is 1. The molecule has 0 spiro atoms. The minimum Gasteiger partial charge on any atom is -0.397 e. The van der Waals surface area contributed by atoms with E-state index in [0.29, 0.717) is 16.2 Å². The maximum Gasteiger partial charge on any atom is 0.263 e. The molecular formula is C16H25N3OS. The van der Waals surface area contributed by atoms with Gasteiger partial charge < -0.3 is 16.0 Å². The summed E-state index contributed by atoms with van der Waals surface area (Å²) in [6, 6.07) is 0. The Morgan fingerprint density at radius 1 is 1.43 bits per heavy atom. The van der Waals surface area contributed by atoms with Crippen LogP contribution in [0, 0.1) is 5.41 Å². The molecular weight excluding hydrogens is 282 g/mol. The summed E-state index contributed by atoms with van der Waals surface area (Å²) in [5, 5.41) is 3.97. The third-order valence-electron chi connectivity index (χ3n) is 4.57. The van der Waals surface area contributed by atoms with Gasteiger partial charge in [0.25, 0.3) is 5.91 Å². The van der Waals surface area contributed by atoms with Gasteiger partial charge in [-0.1, -0.05) is 13.8 Å². The van der Waals surface area contributed by atoms with Crippen molar-refractivity contribution in [1.82, 2.24) is 5.32 Å². The second-order valence-electron chi connectivity index (χ2n) is 7.11. The number of nitrogen functional groups attached to an aromatic ring is 1. The van der Waals surface area contributed by atoms with Crippen LogP contribution < -0.4 is 16.0 Å². The Hall–Kier alpha value is -1.23. The van der Waals surface area contributed by atoms with Crippen LogP contribution in [0.1, 0.15) is 60.7 Å². The maximum atomic E-state index is 12.1. The lowest BCUT2D eigenvalue weighted by molar-refractivity contribution is 0.0968. The van der Waals surface area contributed by atoms with Crippen molar-refractivity contribution >= 4 is 27.9 Å². The lowest BCUT2D eigenvalue weighted by atomic mass is 9.84. The fourth-order valence-electron chi connectivity index (χ4n) is 3.32. The van der Waals surface area contributed by atoms with Crippen molar-refractivity contribution in [1.29, 1.82) is 0 Å². The quantitative estimate of drug-likeness (QED) is 0.901. The zero-order chi connectivity index (χ0) is 15.2. The Bertz CT molecular complexity index is 560. The Morgan fingerprint density at radius 3 is 2.71 bits per heavy atom. The van der Waals surface area contributed by atoms with Crippen LogP contribution >= 0.6 is 11.3 Å². The van der Waals surface area contributed by atoms with Gasteiger partial charge in [0.15, 0.2) is 0 Å². The summed E-state index contributed by atoms with van der Waals surface area (Å²) in [5.74, 6) is 0.515. The molecule has 0 aromatic carbocycles. The molecule has 2 fully saturated rings. The number of hydrogen-bond donors (Lipinski definition) is 2. The minimum absolute atomic E-state index is 0.0538. The summed E-state index contributed by atoms with van der Waals surface area (Å²) in [5.41, 5.74) is 8.63. The molecule has 1 saturated carbocycles. The lowest BCUT2D eigenvalue weighted by Gasteiger charge is -2.39. The largest absolute Gasteiger partial charge is 0.397 e. The van der Waals surface area contributed by atoms with E-state index in [2.05, 4.69) is 24.1 Å². The molecule has 0 radical (unpaired) electrons. The van der Waals surface area contributed by atoms with Gasteiger partial charge in [0, 0.05) is 25.7 Å². The molecule has 4 nitrogen and oxygen atoms in total. The summed E-state index contributed by atoms with van der Waals surface area (Å²) in [7, 11) is 1.67. The first-order valence-electron chi connectivity index (χ1n) is 7.82. The van der Waals surface area contributed by atoms with Crippen molar-refractivity contribution in [3.05, 3.63) is 10.4 Å². The normalized spacial score (nSPS) is 21.4. The zero-order valence-electron chi connectivity index (χ0n) is 13.2. The van der Waals surface area contributed by atoms with E-state index < -0.39 is 0 Å². The first-order chi connectivity index (χ1) is 9.93. The molecule has 1 aliphatic heterocycles. The number of rotatable bonds is 3. The van der Waals surface area contributed by atoms with Crippen molar-refractivity contribution in [2.24, 2.45) is 5.41 Å². The molecule has 0 unspecified atom stereocenters. The van der Waals surface area contributed by atoms with Gasteiger partial charge in [-0.15, -0.1) is 11.3 Å². The minimum atomic E-state index is -0.0538. The standard InChI is InChI=1S/C16H25N3OS/c1-16(2)7-4-8-19(9-16)15-11(10-5-6-10)12(17)13(21-15)14(20)18-3/h10H,4-9,17H2,1-3H3,(H,18,20). The van der Waals surface area contributed by atoms with Crippen molar-refractivity contribution < 1.29 is 4.79 Å². The SMILES string of the molecule is CNC(=O)c1sc(N2CCCC(C)(C)C2)c(C2CC2)c1N. The van der Waals surface area contributed by atoms with Crippen molar-refractivity contribution in [2.75, 3.05) is 30.8 Å². The monoisotopic (exact) mass is 307 g/mol. The third kappa shape index (κ3) is 2.76. The number of carbonyl (C=O) groups excluding carboxylic acids is 1. The van der Waals surface area contributed by atoms with E-state index in [1.54, 1.807) is 18.4 Å². The average molecular weight is 307 g/mol. The van der Waals surface area contributed by atoms with E-state index in [9.17, 15) is 4.79 Å². The molecule has 116 valence electrons. The van der Waals surface area contributed by atoms with E-state index in [1.165, 1.54) is 36.2 Å². The molecule has 0 bridgehead atoms. The van der Waals surface area contributed by atoms with Gasteiger partial charge in [0.05, 0.1) is 10.7 Å².